The maximum absolute atomic E-state index is 12.7. The highest BCUT2D eigenvalue weighted by molar-refractivity contribution is 5.87. The van der Waals surface area contributed by atoms with Gasteiger partial charge < -0.3 is 10.2 Å². The summed E-state index contributed by atoms with van der Waals surface area (Å²) < 4.78 is 38.0. The Kier molecular flexibility index (Phi) is 3.93. The van der Waals surface area contributed by atoms with E-state index in [1.54, 1.807) is 4.90 Å². The number of pyridine rings is 1. The first-order valence-electron chi connectivity index (χ1n) is 6.46. The highest BCUT2D eigenvalue weighted by atomic mass is 19.4. The number of halogens is 3. The van der Waals surface area contributed by atoms with E-state index >= 15 is 0 Å². The molecule has 1 saturated heterocycles. The summed E-state index contributed by atoms with van der Waals surface area (Å²) in [6.07, 6.45) is -1.42. The predicted molar refractivity (Wildman–Crippen MR) is 72.7 cm³/mol. The molecule has 1 N–H and O–H groups in total. The predicted octanol–water partition coefficient (Wildman–Crippen LogP) is 2.69. The second-order valence-corrected chi connectivity index (χ2v) is 5.33. The number of aromatic nitrogens is 1. The third-order valence-electron chi connectivity index (χ3n) is 3.48. The highest BCUT2D eigenvalue weighted by Crippen LogP contribution is 2.31. The first kappa shape index (κ1) is 15.3. The molecule has 0 aromatic carbocycles. The van der Waals surface area contributed by atoms with E-state index in [1.165, 1.54) is 6.08 Å². The molecule has 1 aliphatic rings. The van der Waals surface area contributed by atoms with Gasteiger partial charge in [-0.05, 0) is 31.6 Å². The first-order valence-corrected chi connectivity index (χ1v) is 6.46. The Balaban J connectivity index is 2.12. The number of carbonyl (C=O) groups is 1. The maximum Gasteiger partial charge on any atom is 0.416 e. The van der Waals surface area contributed by atoms with E-state index < -0.39 is 17.3 Å². The van der Waals surface area contributed by atoms with Crippen molar-refractivity contribution in [2.75, 3.05) is 18.4 Å². The number of hydrogen-bond acceptors (Lipinski definition) is 3. The molecule has 0 aliphatic carbocycles. The molecule has 2 rings (SSSR count). The second-order valence-electron chi connectivity index (χ2n) is 5.33. The normalized spacial score (nSPS) is 22.2. The molecule has 1 unspecified atom stereocenters. The van der Waals surface area contributed by atoms with E-state index in [0.717, 1.165) is 18.3 Å². The minimum atomic E-state index is -4.40. The molecule has 7 heteroatoms. The van der Waals surface area contributed by atoms with Crippen LogP contribution in [0.2, 0.25) is 0 Å². The van der Waals surface area contributed by atoms with Crippen LogP contribution < -0.4 is 5.32 Å². The van der Waals surface area contributed by atoms with Crippen LogP contribution in [0.15, 0.2) is 31.0 Å². The van der Waals surface area contributed by atoms with Gasteiger partial charge in [0.05, 0.1) is 11.1 Å². The lowest BCUT2D eigenvalue weighted by atomic mass is 10.0. The van der Waals surface area contributed by atoms with Crippen LogP contribution in [0.1, 0.15) is 18.9 Å². The van der Waals surface area contributed by atoms with E-state index in [0.29, 0.717) is 19.5 Å². The lowest BCUT2D eigenvalue weighted by Crippen LogP contribution is -2.39. The Morgan fingerprint density at radius 3 is 2.90 bits per heavy atom. The van der Waals surface area contributed by atoms with Crippen LogP contribution in [0, 0.1) is 0 Å². The summed E-state index contributed by atoms with van der Waals surface area (Å²) in [6, 6.07) is 1.90. The third-order valence-corrected chi connectivity index (χ3v) is 3.48. The Bertz CT molecular complexity index is 559. The van der Waals surface area contributed by atoms with Crippen LogP contribution in [0.4, 0.5) is 19.0 Å². The molecule has 1 aromatic rings. The summed E-state index contributed by atoms with van der Waals surface area (Å²) in [4.78, 5) is 17.1. The molecule has 4 nitrogen and oxygen atoms in total. The Hall–Kier alpha value is -2.05. The van der Waals surface area contributed by atoms with Gasteiger partial charge in [0.15, 0.2) is 0 Å². The molecule has 114 valence electrons. The molecule has 1 amide bonds. The molecular formula is C14H16F3N3O. The van der Waals surface area contributed by atoms with E-state index in [2.05, 4.69) is 16.9 Å². The molecule has 1 atom stereocenters. The van der Waals surface area contributed by atoms with Gasteiger partial charge in [-0.2, -0.15) is 13.2 Å². The fourth-order valence-corrected chi connectivity index (χ4v) is 2.36. The minimum absolute atomic E-state index is 0.153. The molecule has 0 spiro atoms. The van der Waals surface area contributed by atoms with Crippen LogP contribution in [0.25, 0.3) is 0 Å². The molecule has 0 bridgehead atoms. The molecule has 21 heavy (non-hydrogen) atoms. The smallest absolute Gasteiger partial charge is 0.363 e. The van der Waals surface area contributed by atoms with Crippen LogP contribution in [-0.4, -0.2) is 34.4 Å². The summed E-state index contributed by atoms with van der Waals surface area (Å²) >= 11 is 0. The summed E-state index contributed by atoms with van der Waals surface area (Å²) in [7, 11) is 0. The van der Waals surface area contributed by atoms with Gasteiger partial charge in [0.25, 0.3) is 0 Å². The minimum Gasteiger partial charge on any atom is -0.363 e. The van der Waals surface area contributed by atoms with Gasteiger partial charge >= 0.3 is 6.18 Å². The van der Waals surface area contributed by atoms with Crippen molar-refractivity contribution in [3.8, 4) is 0 Å². The number of nitrogens with one attached hydrogen (secondary N) is 1. The van der Waals surface area contributed by atoms with Gasteiger partial charge in [-0.25, -0.2) is 4.98 Å². The summed E-state index contributed by atoms with van der Waals surface area (Å²) in [5, 5.41) is 3.00. The van der Waals surface area contributed by atoms with E-state index in [9.17, 15) is 18.0 Å². The van der Waals surface area contributed by atoms with Crippen molar-refractivity contribution in [3.63, 3.8) is 0 Å². The lowest BCUT2D eigenvalue weighted by Gasteiger charge is -2.26. The second kappa shape index (κ2) is 5.38. The molecule has 2 heterocycles. The van der Waals surface area contributed by atoms with E-state index in [1.807, 2.05) is 6.92 Å². The number of carbonyl (C=O) groups excluding carboxylic acids is 1. The fourth-order valence-electron chi connectivity index (χ4n) is 2.36. The number of amides is 1. The number of rotatable bonds is 3. The van der Waals surface area contributed by atoms with Crippen molar-refractivity contribution >= 4 is 11.7 Å². The van der Waals surface area contributed by atoms with Crippen molar-refractivity contribution in [2.24, 2.45) is 0 Å². The van der Waals surface area contributed by atoms with Crippen LogP contribution >= 0.6 is 0 Å². The van der Waals surface area contributed by atoms with Crippen molar-refractivity contribution in [2.45, 2.75) is 25.1 Å². The number of hydrogen-bond donors (Lipinski definition) is 1. The molecule has 1 fully saturated rings. The number of anilines is 1. The first-order chi connectivity index (χ1) is 9.73. The summed E-state index contributed by atoms with van der Waals surface area (Å²) in [5.74, 6) is -0.0299. The zero-order valence-electron chi connectivity index (χ0n) is 11.6. The van der Waals surface area contributed by atoms with Crippen molar-refractivity contribution in [1.29, 1.82) is 0 Å². The largest absolute Gasteiger partial charge is 0.416 e. The highest BCUT2D eigenvalue weighted by Gasteiger charge is 2.36. The monoisotopic (exact) mass is 299 g/mol. The Morgan fingerprint density at radius 1 is 1.57 bits per heavy atom. The number of alkyl halides is 3. The fraction of sp³-hybridized carbons (Fsp3) is 0.429. The molecule has 1 aromatic heterocycles. The van der Waals surface area contributed by atoms with Gasteiger partial charge in [0, 0.05) is 19.3 Å². The Morgan fingerprint density at radius 2 is 2.29 bits per heavy atom. The van der Waals surface area contributed by atoms with Crippen LogP contribution in [-0.2, 0) is 11.0 Å². The number of nitrogens with zero attached hydrogens (tertiary/aromatic N) is 2. The zero-order valence-corrected chi connectivity index (χ0v) is 11.6. The van der Waals surface area contributed by atoms with Gasteiger partial charge in [0.1, 0.15) is 5.82 Å². The lowest BCUT2D eigenvalue weighted by molar-refractivity contribution is -0.137. The van der Waals surface area contributed by atoms with Gasteiger partial charge in [-0.15, -0.1) is 0 Å². The molecule has 1 aliphatic heterocycles. The van der Waals surface area contributed by atoms with E-state index in [4.69, 9.17) is 0 Å². The van der Waals surface area contributed by atoms with Crippen molar-refractivity contribution < 1.29 is 18.0 Å². The van der Waals surface area contributed by atoms with Crippen LogP contribution in [0.5, 0.6) is 0 Å². The molecule has 0 saturated carbocycles. The SMILES string of the molecule is C=CC(=O)N1CCC(C)(Nc2cc(C(F)(F)F)ccn2)C1. The molecular weight excluding hydrogens is 283 g/mol. The van der Waals surface area contributed by atoms with E-state index in [-0.39, 0.29) is 11.7 Å². The van der Waals surface area contributed by atoms with Crippen molar-refractivity contribution in [1.82, 2.24) is 9.88 Å². The average molecular weight is 299 g/mol. The van der Waals surface area contributed by atoms with Gasteiger partial charge in [-0.3, -0.25) is 4.79 Å². The standard InChI is InChI=1S/C14H16F3N3O/c1-3-12(21)20-7-5-13(2,9-20)19-11-8-10(4-6-18-11)14(15,16)17/h3-4,6,8H,1,5,7,9H2,2H3,(H,18,19). The van der Waals surface area contributed by atoms with Gasteiger partial charge in [0.2, 0.25) is 5.91 Å². The third kappa shape index (κ3) is 3.53. The van der Waals surface area contributed by atoms with Gasteiger partial charge in [-0.1, -0.05) is 6.58 Å². The van der Waals surface area contributed by atoms with Crippen LogP contribution in [0.3, 0.4) is 0 Å². The molecule has 0 radical (unpaired) electrons. The maximum atomic E-state index is 12.7. The quantitative estimate of drug-likeness (QED) is 0.873. The topological polar surface area (TPSA) is 45.2 Å². The number of likely N-dealkylation sites (tertiary alicyclic amines) is 1. The van der Waals surface area contributed by atoms with Crippen molar-refractivity contribution in [3.05, 3.63) is 36.5 Å². The Labute approximate surface area is 120 Å². The summed E-state index contributed by atoms with van der Waals surface area (Å²) in [6.45, 7) is 6.21. The summed E-state index contributed by atoms with van der Waals surface area (Å²) in [5.41, 5.74) is -1.25. The zero-order chi connectivity index (χ0) is 15.7. The average Bonchev–Trinajstić information content (AvgIpc) is 2.79.